The van der Waals surface area contributed by atoms with Crippen molar-refractivity contribution in [1.82, 2.24) is 5.32 Å². The highest BCUT2D eigenvalue weighted by molar-refractivity contribution is 14.1. The summed E-state index contributed by atoms with van der Waals surface area (Å²) in [5.41, 5.74) is -2.27. The maximum absolute atomic E-state index is 15.3. The van der Waals surface area contributed by atoms with E-state index in [9.17, 15) is 18.0 Å². The normalized spacial score (nSPS) is 17.5. The quantitative estimate of drug-likeness (QED) is 0.108. The van der Waals surface area contributed by atoms with Crippen LogP contribution in [0.15, 0.2) is 96.1 Å². The van der Waals surface area contributed by atoms with E-state index < -0.39 is 33.6 Å². The van der Waals surface area contributed by atoms with Gasteiger partial charge in [-0.15, -0.1) is 18.5 Å². The van der Waals surface area contributed by atoms with E-state index >= 15 is 4.39 Å². The van der Waals surface area contributed by atoms with Crippen LogP contribution in [0.5, 0.6) is 0 Å². The van der Waals surface area contributed by atoms with Crippen molar-refractivity contribution in [1.29, 1.82) is 0 Å². The topological polar surface area (TPSA) is 29.1 Å². The SMILES string of the molecule is CC(P)(P)c1cc(F)cc(C(Cc2ccccc2)(NC(=O)c2ccc(F)cc2)C2=CC(C(F)(F)P)=CC(I)C2)c1. The van der Waals surface area contributed by atoms with Crippen LogP contribution in [0.25, 0.3) is 0 Å². The minimum Gasteiger partial charge on any atom is -0.338 e. The Kier molecular flexibility index (Phi) is 9.62. The van der Waals surface area contributed by atoms with Gasteiger partial charge in [-0.25, -0.2) is 8.78 Å². The van der Waals surface area contributed by atoms with Crippen molar-refractivity contribution < 1.29 is 22.4 Å². The molecular formula is C30H29F4INOP3. The Hall–Kier alpha value is -1.65. The first-order valence-corrected chi connectivity index (χ1v) is 15.4. The van der Waals surface area contributed by atoms with Crippen LogP contribution in [0.1, 0.15) is 40.4 Å². The van der Waals surface area contributed by atoms with Crippen molar-refractivity contribution in [2.45, 2.75) is 39.8 Å². The molecule has 10 heteroatoms. The van der Waals surface area contributed by atoms with Gasteiger partial charge in [0.05, 0.1) is 5.54 Å². The summed E-state index contributed by atoms with van der Waals surface area (Å²) in [6, 6.07) is 18.9. The van der Waals surface area contributed by atoms with Gasteiger partial charge in [0.25, 0.3) is 11.6 Å². The molecule has 4 rings (SSSR count). The summed E-state index contributed by atoms with van der Waals surface area (Å²) in [5, 5.41) is 3.11. The fourth-order valence-electron chi connectivity index (χ4n) is 4.78. The first-order chi connectivity index (χ1) is 18.7. The molecule has 0 saturated carbocycles. The van der Waals surface area contributed by atoms with Gasteiger partial charge in [0.1, 0.15) is 11.6 Å². The highest BCUT2D eigenvalue weighted by Gasteiger charge is 2.42. The molecule has 0 spiro atoms. The van der Waals surface area contributed by atoms with Gasteiger partial charge in [0.2, 0.25) is 0 Å². The van der Waals surface area contributed by atoms with Crippen molar-refractivity contribution in [3.8, 4) is 0 Å². The average molecular weight is 715 g/mol. The van der Waals surface area contributed by atoms with Gasteiger partial charge in [-0.1, -0.05) is 80.4 Å². The third kappa shape index (κ3) is 7.40. The molecule has 40 heavy (non-hydrogen) atoms. The van der Waals surface area contributed by atoms with Crippen molar-refractivity contribution in [3.63, 3.8) is 0 Å². The van der Waals surface area contributed by atoms with E-state index in [2.05, 4.69) is 46.4 Å². The lowest BCUT2D eigenvalue weighted by Gasteiger charge is -2.41. The Labute approximate surface area is 252 Å². The van der Waals surface area contributed by atoms with E-state index in [-0.39, 0.29) is 21.5 Å². The molecule has 1 amide bonds. The Balaban J connectivity index is 2.02. The van der Waals surface area contributed by atoms with Gasteiger partial charge < -0.3 is 5.32 Å². The summed E-state index contributed by atoms with van der Waals surface area (Å²) < 4.78 is 58.0. The Morgan fingerprint density at radius 3 is 2.17 bits per heavy atom. The van der Waals surface area contributed by atoms with Gasteiger partial charge in [0.15, 0.2) is 0 Å². The third-order valence-corrected chi connectivity index (χ3v) is 8.60. The van der Waals surface area contributed by atoms with Crippen molar-refractivity contribution in [3.05, 3.63) is 130 Å². The second-order valence-electron chi connectivity index (χ2n) is 10.2. The van der Waals surface area contributed by atoms with E-state index in [4.69, 9.17) is 0 Å². The summed E-state index contributed by atoms with van der Waals surface area (Å²) in [6.45, 7) is 1.88. The molecular weight excluding hydrogens is 686 g/mol. The first kappa shape index (κ1) is 31.3. The fourth-order valence-corrected chi connectivity index (χ4v) is 6.15. The number of allylic oxidation sites excluding steroid dienone is 3. The summed E-state index contributed by atoms with van der Waals surface area (Å²) in [6.07, 6.45) is 3.43. The highest BCUT2D eigenvalue weighted by Crippen LogP contribution is 2.46. The minimum absolute atomic E-state index is 0.166. The molecule has 5 atom stereocenters. The molecule has 0 radical (unpaired) electrons. The average Bonchev–Trinajstić information content (AvgIpc) is 2.87. The van der Waals surface area contributed by atoms with Gasteiger partial charge in [0, 0.05) is 26.4 Å². The molecule has 3 aromatic rings. The van der Waals surface area contributed by atoms with Gasteiger partial charge in [-0.05, 0) is 72.0 Å². The standard InChI is InChI=1S/C30H29F4INOP3/c1-28(38,39)20-11-21(14-25(32)13-20)29(17-18-5-3-2-4-6-18,36-27(37)19-7-9-24(31)10-8-19)22-12-23(30(33,34)40)16-26(35)15-22/h2-14,16,26H,15,17,38-40H2,1H3,(H,36,37). The highest BCUT2D eigenvalue weighted by atomic mass is 127. The number of rotatable bonds is 8. The molecule has 0 heterocycles. The summed E-state index contributed by atoms with van der Waals surface area (Å²) >= 11 is 2.10. The van der Waals surface area contributed by atoms with Crippen molar-refractivity contribution in [2.24, 2.45) is 0 Å². The zero-order valence-electron chi connectivity index (χ0n) is 21.6. The van der Waals surface area contributed by atoms with Gasteiger partial charge in [-0.2, -0.15) is 8.78 Å². The predicted molar refractivity (Wildman–Crippen MR) is 172 cm³/mol. The van der Waals surface area contributed by atoms with Crippen LogP contribution in [0, 0.1) is 11.6 Å². The number of halogens is 5. The van der Waals surface area contributed by atoms with Crippen LogP contribution in [-0.2, 0) is 16.9 Å². The number of hydrogen-bond donors (Lipinski definition) is 1. The van der Waals surface area contributed by atoms with E-state index in [0.29, 0.717) is 23.1 Å². The van der Waals surface area contributed by atoms with Crippen LogP contribution in [0.3, 0.4) is 0 Å². The van der Waals surface area contributed by atoms with Crippen LogP contribution < -0.4 is 5.32 Å². The predicted octanol–water partition coefficient (Wildman–Crippen LogP) is 8.28. The van der Waals surface area contributed by atoms with Crippen LogP contribution in [-0.4, -0.2) is 15.5 Å². The molecule has 0 saturated heterocycles. The summed E-state index contributed by atoms with van der Waals surface area (Å²) in [5.74, 6) is -1.56. The number of benzene rings is 3. The minimum atomic E-state index is -3.21. The number of carbonyl (C=O) groups is 1. The fraction of sp³-hybridized carbons (Fsp3) is 0.233. The second kappa shape index (κ2) is 12.3. The van der Waals surface area contributed by atoms with Gasteiger partial charge >= 0.3 is 0 Å². The second-order valence-corrected chi connectivity index (χ2v) is 15.6. The molecule has 0 aromatic heterocycles. The molecule has 2 nitrogen and oxygen atoms in total. The lowest BCUT2D eigenvalue weighted by molar-refractivity contribution is 0.0909. The van der Waals surface area contributed by atoms with Crippen LogP contribution >= 0.6 is 50.3 Å². The molecule has 0 aliphatic heterocycles. The zero-order chi connectivity index (χ0) is 29.3. The molecule has 5 unspecified atom stereocenters. The summed E-state index contributed by atoms with van der Waals surface area (Å²) in [4.78, 5) is 13.2. The molecule has 1 aliphatic rings. The number of alkyl halides is 3. The van der Waals surface area contributed by atoms with Gasteiger partial charge in [-0.3, -0.25) is 4.79 Å². The van der Waals surface area contributed by atoms with Crippen molar-refractivity contribution >= 4 is 56.2 Å². The van der Waals surface area contributed by atoms with Crippen LogP contribution in [0.4, 0.5) is 17.6 Å². The maximum atomic E-state index is 15.3. The first-order valence-electron chi connectivity index (χ1n) is 12.4. The van der Waals surface area contributed by atoms with E-state index in [0.717, 1.165) is 5.56 Å². The number of amides is 1. The monoisotopic (exact) mass is 715 g/mol. The van der Waals surface area contributed by atoms with Crippen LogP contribution in [0.2, 0.25) is 0 Å². The lowest BCUT2D eigenvalue weighted by atomic mass is 9.73. The Morgan fingerprint density at radius 1 is 0.950 bits per heavy atom. The molecule has 210 valence electrons. The summed E-state index contributed by atoms with van der Waals surface area (Å²) in [7, 11) is 6.88. The largest absolute Gasteiger partial charge is 0.338 e. The molecule has 0 fully saturated rings. The third-order valence-electron chi connectivity index (χ3n) is 6.80. The number of hydrogen-bond acceptors (Lipinski definition) is 1. The molecule has 0 bridgehead atoms. The molecule has 3 aromatic carbocycles. The zero-order valence-corrected chi connectivity index (χ0v) is 27.2. The van der Waals surface area contributed by atoms with Crippen molar-refractivity contribution in [2.75, 3.05) is 0 Å². The van der Waals surface area contributed by atoms with E-state index in [1.807, 2.05) is 37.3 Å². The smallest absolute Gasteiger partial charge is 0.283 e. The van der Waals surface area contributed by atoms with E-state index in [1.165, 1.54) is 48.6 Å². The number of carbonyl (C=O) groups excluding carboxylic acids is 1. The van der Waals surface area contributed by atoms with E-state index in [1.54, 1.807) is 15.3 Å². The number of nitrogens with one attached hydrogen (secondary N) is 1. The molecule has 1 N–H and O–H groups in total. The lowest BCUT2D eigenvalue weighted by Crippen LogP contribution is -2.50. The Morgan fingerprint density at radius 2 is 1.57 bits per heavy atom. The maximum Gasteiger partial charge on any atom is 0.283 e. The Bertz CT molecular complexity index is 1450. The molecule has 1 aliphatic carbocycles.